The first-order chi connectivity index (χ1) is 24.1. The minimum absolute atomic E-state index is 0.747. The number of aromatic nitrogens is 4. The molecule has 0 radical (unpaired) electrons. The van der Waals surface area contributed by atoms with Gasteiger partial charge in [-0.25, -0.2) is 9.97 Å². The van der Waals surface area contributed by atoms with E-state index in [1.807, 2.05) is 25.1 Å². The predicted molar refractivity (Wildman–Crippen MR) is 207 cm³/mol. The number of allylic oxidation sites excluding steroid dienone is 2. The van der Waals surface area contributed by atoms with Gasteiger partial charge in [0.2, 0.25) is 0 Å². The van der Waals surface area contributed by atoms with Crippen molar-refractivity contribution in [3.8, 4) is 33.9 Å². The van der Waals surface area contributed by atoms with Crippen molar-refractivity contribution in [2.45, 2.75) is 6.92 Å². The van der Waals surface area contributed by atoms with Gasteiger partial charge in [-0.3, -0.25) is 4.57 Å². The molecule has 0 saturated heterocycles. The maximum Gasteiger partial charge on any atom is 0.141 e. The molecule has 3 aromatic heterocycles. The van der Waals surface area contributed by atoms with Gasteiger partial charge < -0.3 is 4.57 Å². The quantitative estimate of drug-likeness (QED) is 0.177. The summed E-state index contributed by atoms with van der Waals surface area (Å²) in [6.07, 6.45) is 3.28. The third-order valence-electron chi connectivity index (χ3n) is 8.98. The monoisotopic (exact) mass is 630 g/mol. The molecule has 0 saturated carbocycles. The molecule has 0 spiro atoms. The number of hydrogen-bond acceptors (Lipinski definition) is 2. The maximum atomic E-state index is 4.92. The molecule has 0 atom stereocenters. The van der Waals surface area contributed by atoms with Gasteiger partial charge in [-0.2, -0.15) is 0 Å². The first kappa shape index (κ1) is 29.9. The highest BCUT2D eigenvalue weighted by molar-refractivity contribution is 6.12. The van der Waals surface area contributed by atoms with Crippen LogP contribution in [0.1, 0.15) is 5.82 Å². The average Bonchev–Trinajstić information content (AvgIpc) is 3.67. The molecule has 0 aliphatic carbocycles. The second kappa shape index (κ2) is 12.6. The zero-order valence-corrected chi connectivity index (χ0v) is 27.3. The fraction of sp³-hybridized carbons (Fsp3) is 0.0222. The number of rotatable bonds is 5. The Kier molecular flexibility index (Phi) is 7.67. The van der Waals surface area contributed by atoms with Crippen molar-refractivity contribution in [3.63, 3.8) is 0 Å². The smallest absolute Gasteiger partial charge is 0.141 e. The molecular weight excluding hydrogens is 597 g/mol. The zero-order chi connectivity index (χ0) is 33.3. The van der Waals surface area contributed by atoms with Crippen LogP contribution in [0.3, 0.4) is 0 Å². The predicted octanol–water partition coefficient (Wildman–Crippen LogP) is 11.7. The second-order valence-electron chi connectivity index (χ2n) is 12.0. The zero-order valence-electron chi connectivity index (χ0n) is 27.3. The normalized spacial score (nSPS) is 11.1. The molecule has 4 nitrogen and oxygen atoms in total. The molecule has 9 aromatic rings. The standard InChI is InChI=1S/C41H28N4.C4H6/c1-27-42-36(28-12-4-2-5-13-28)26-41(43-27)45-38-19-11-9-17-33(38)35-25-30(21-23-40(35)45)29-20-22-39-34(24-29)32-16-8-10-18-37(32)44(39)31-14-6-3-7-15-31;1-3-4-2/h2-26H,1H3;3-4H,1-2H2. The van der Waals surface area contributed by atoms with Gasteiger partial charge in [-0.1, -0.05) is 122 Å². The molecule has 0 amide bonds. The molecule has 0 unspecified atom stereocenters. The van der Waals surface area contributed by atoms with Crippen LogP contribution in [0.15, 0.2) is 177 Å². The molecule has 9 rings (SSSR count). The SMILES string of the molecule is C=CC=C.Cc1nc(-c2ccccc2)cc(-n2c3ccccc3c3cc(-c4ccc5c(c4)c4ccccc4n5-c4ccccc4)ccc32)n1. The summed E-state index contributed by atoms with van der Waals surface area (Å²) in [5, 5.41) is 4.91. The van der Waals surface area contributed by atoms with Crippen molar-refractivity contribution in [1.29, 1.82) is 0 Å². The van der Waals surface area contributed by atoms with Gasteiger partial charge in [0.25, 0.3) is 0 Å². The van der Waals surface area contributed by atoms with Crippen LogP contribution in [-0.2, 0) is 0 Å². The first-order valence-electron chi connectivity index (χ1n) is 16.4. The summed E-state index contributed by atoms with van der Waals surface area (Å²) in [4.78, 5) is 9.69. The van der Waals surface area contributed by atoms with Crippen LogP contribution < -0.4 is 0 Å². The second-order valence-corrected chi connectivity index (χ2v) is 12.0. The Labute approximate surface area is 285 Å². The van der Waals surface area contributed by atoms with Crippen molar-refractivity contribution >= 4 is 43.6 Å². The Bertz CT molecular complexity index is 2640. The van der Waals surface area contributed by atoms with Gasteiger partial charge in [-0.15, -0.1) is 0 Å². The Morgan fingerprint density at radius 1 is 0.449 bits per heavy atom. The summed E-state index contributed by atoms with van der Waals surface area (Å²) in [6.45, 7) is 8.69. The van der Waals surface area contributed by atoms with Gasteiger partial charge in [0.05, 0.1) is 27.8 Å². The van der Waals surface area contributed by atoms with Crippen LogP contribution in [0.25, 0.3) is 77.5 Å². The highest BCUT2D eigenvalue weighted by Crippen LogP contribution is 2.38. The first-order valence-corrected chi connectivity index (χ1v) is 16.4. The van der Waals surface area contributed by atoms with Crippen LogP contribution in [0, 0.1) is 6.92 Å². The summed E-state index contributed by atoms with van der Waals surface area (Å²) in [5.41, 5.74) is 10.2. The minimum atomic E-state index is 0.747. The molecule has 234 valence electrons. The van der Waals surface area contributed by atoms with E-state index in [1.54, 1.807) is 12.2 Å². The van der Waals surface area contributed by atoms with E-state index in [1.165, 1.54) is 49.4 Å². The Morgan fingerprint density at radius 3 is 1.53 bits per heavy atom. The van der Waals surface area contributed by atoms with E-state index in [0.717, 1.165) is 33.9 Å². The van der Waals surface area contributed by atoms with Gasteiger partial charge in [0.15, 0.2) is 0 Å². The number of para-hydroxylation sites is 3. The fourth-order valence-electron chi connectivity index (χ4n) is 6.83. The Balaban J connectivity index is 0.000000829. The average molecular weight is 631 g/mol. The van der Waals surface area contributed by atoms with Crippen LogP contribution in [-0.4, -0.2) is 19.1 Å². The number of hydrogen-bond donors (Lipinski definition) is 0. The van der Waals surface area contributed by atoms with Gasteiger partial charge >= 0.3 is 0 Å². The van der Waals surface area contributed by atoms with E-state index in [2.05, 4.69) is 156 Å². The van der Waals surface area contributed by atoms with Crippen molar-refractivity contribution in [2.75, 3.05) is 0 Å². The maximum absolute atomic E-state index is 4.92. The lowest BCUT2D eigenvalue weighted by atomic mass is 10.0. The lowest BCUT2D eigenvalue weighted by molar-refractivity contribution is 0.985. The molecule has 4 heteroatoms. The summed E-state index contributed by atoms with van der Waals surface area (Å²) >= 11 is 0. The van der Waals surface area contributed by atoms with Crippen LogP contribution in [0.5, 0.6) is 0 Å². The number of nitrogens with zero attached hydrogens (tertiary/aromatic N) is 4. The highest BCUT2D eigenvalue weighted by atomic mass is 15.1. The Hall–Kier alpha value is -6.52. The van der Waals surface area contributed by atoms with Crippen molar-refractivity contribution in [2.24, 2.45) is 0 Å². The van der Waals surface area contributed by atoms with Gasteiger partial charge in [0.1, 0.15) is 11.6 Å². The molecule has 0 fully saturated rings. The van der Waals surface area contributed by atoms with E-state index >= 15 is 0 Å². The van der Waals surface area contributed by atoms with E-state index in [0.29, 0.717) is 0 Å². The van der Waals surface area contributed by atoms with E-state index in [-0.39, 0.29) is 0 Å². The third kappa shape index (κ3) is 5.30. The van der Waals surface area contributed by atoms with Crippen LogP contribution in [0.2, 0.25) is 0 Å². The number of benzene rings is 6. The lowest BCUT2D eigenvalue weighted by Gasteiger charge is -2.11. The van der Waals surface area contributed by atoms with Crippen molar-refractivity contribution in [1.82, 2.24) is 19.1 Å². The summed E-state index contributed by atoms with van der Waals surface area (Å²) < 4.78 is 4.63. The molecule has 0 N–H and O–H groups in total. The Morgan fingerprint density at radius 2 is 0.939 bits per heavy atom. The van der Waals surface area contributed by atoms with Crippen molar-refractivity contribution < 1.29 is 0 Å². The molecule has 49 heavy (non-hydrogen) atoms. The van der Waals surface area contributed by atoms with E-state index < -0.39 is 0 Å². The van der Waals surface area contributed by atoms with Crippen molar-refractivity contribution in [3.05, 3.63) is 183 Å². The van der Waals surface area contributed by atoms with E-state index in [9.17, 15) is 0 Å². The molecule has 0 bridgehead atoms. The minimum Gasteiger partial charge on any atom is -0.309 e. The molecular formula is C45H34N4. The highest BCUT2D eigenvalue weighted by Gasteiger charge is 2.17. The molecule has 6 aromatic carbocycles. The third-order valence-corrected chi connectivity index (χ3v) is 8.98. The lowest BCUT2D eigenvalue weighted by Crippen LogP contribution is -2.02. The molecule has 3 heterocycles. The topological polar surface area (TPSA) is 35.6 Å². The summed E-state index contributed by atoms with van der Waals surface area (Å²) in [5.74, 6) is 1.62. The molecule has 0 aliphatic heterocycles. The fourth-order valence-corrected chi connectivity index (χ4v) is 6.83. The van der Waals surface area contributed by atoms with Crippen LogP contribution in [0.4, 0.5) is 0 Å². The van der Waals surface area contributed by atoms with E-state index in [4.69, 9.17) is 9.97 Å². The largest absolute Gasteiger partial charge is 0.309 e. The van der Waals surface area contributed by atoms with Gasteiger partial charge in [0, 0.05) is 38.9 Å². The van der Waals surface area contributed by atoms with Crippen LogP contribution >= 0.6 is 0 Å². The van der Waals surface area contributed by atoms with Gasteiger partial charge in [-0.05, 0) is 66.6 Å². The molecule has 0 aliphatic rings. The summed E-state index contributed by atoms with van der Waals surface area (Å²) in [7, 11) is 0. The number of aryl methyl sites for hydroxylation is 1. The summed E-state index contributed by atoms with van der Waals surface area (Å²) in [6, 6.07) is 54.0. The number of fused-ring (bicyclic) bond motifs is 6.